The highest BCUT2D eigenvalue weighted by molar-refractivity contribution is 9.10. The summed E-state index contributed by atoms with van der Waals surface area (Å²) in [5, 5.41) is 2.31. The summed E-state index contributed by atoms with van der Waals surface area (Å²) in [4.78, 5) is 39.8. The maximum absolute atomic E-state index is 13.4. The zero-order chi connectivity index (χ0) is 24.2. The van der Waals surface area contributed by atoms with E-state index in [4.69, 9.17) is 4.74 Å². The van der Waals surface area contributed by atoms with Crippen LogP contribution < -0.4 is 15.0 Å². The third-order valence-electron chi connectivity index (χ3n) is 5.70. The molecule has 0 radical (unpaired) electrons. The number of hydrogen-bond donors (Lipinski definition) is 1. The topological polar surface area (TPSA) is 75.7 Å². The van der Waals surface area contributed by atoms with Crippen molar-refractivity contribution in [1.29, 1.82) is 0 Å². The number of nitrogens with one attached hydrogen (secondary N) is 1. The summed E-state index contributed by atoms with van der Waals surface area (Å²) in [5.41, 5.74) is 3.80. The van der Waals surface area contributed by atoms with Crippen molar-refractivity contribution in [3.63, 3.8) is 0 Å². The lowest BCUT2D eigenvalue weighted by atomic mass is 9.96. The Kier molecular flexibility index (Phi) is 6.93. The van der Waals surface area contributed by atoms with E-state index in [2.05, 4.69) is 21.2 Å². The van der Waals surface area contributed by atoms with Crippen LogP contribution in [0.3, 0.4) is 0 Å². The Balaban J connectivity index is 1.78. The van der Waals surface area contributed by atoms with Gasteiger partial charge >= 0.3 is 6.03 Å². The van der Waals surface area contributed by atoms with E-state index in [1.54, 1.807) is 31.4 Å². The fourth-order valence-electron chi connectivity index (χ4n) is 3.91. The van der Waals surface area contributed by atoms with Gasteiger partial charge in [0, 0.05) is 4.47 Å². The van der Waals surface area contributed by atoms with Crippen molar-refractivity contribution in [2.24, 2.45) is 0 Å². The molecule has 3 aromatic carbocycles. The highest BCUT2D eigenvalue weighted by Crippen LogP contribution is 2.29. The summed E-state index contributed by atoms with van der Waals surface area (Å²) >= 11 is 3.58. The molecule has 172 valence electrons. The van der Waals surface area contributed by atoms with Crippen LogP contribution in [0.4, 0.5) is 10.5 Å². The summed E-state index contributed by atoms with van der Waals surface area (Å²) in [7, 11) is 1.59. The van der Waals surface area contributed by atoms with Crippen molar-refractivity contribution in [3.05, 3.63) is 99.0 Å². The molecule has 1 fully saturated rings. The SMILES string of the molecule is CCc1ccccc1N1C(=O)NC(=O)/C(=C/c2ccc(OC)cc2Cc2ccccc2Br)C1=O. The number of imide groups is 2. The number of ether oxygens (including phenoxy) is 1. The number of aryl methyl sites for hydroxylation is 1. The fraction of sp³-hybridized carbons (Fsp3) is 0.148. The lowest BCUT2D eigenvalue weighted by molar-refractivity contribution is -0.122. The van der Waals surface area contributed by atoms with E-state index in [1.165, 1.54) is 6.08 Å². The first kappa shape index (κ1) is 23.4. The van der Waals surface area contributed by atoms with Crippen LogP contribution in [0.1, 0.15) is 29.2 Å². The first-order chi connectivity index (χ1) is 16.4. The molecular weight excluding hydrogens is 496 g/mol. The van der Waals surface area contributed by atoms with E-state index in [0.29, 0.717) is 29.8 Å². The standard InChI is InChI=1S/C27H23BrN2O4/c1-3-17-8-5-7-11-24(17)30-26(32)22(25(31)29-27(30)33)16-18-12-13-21(34-2)15-20(18)14-19-9-4-6-10-23(19)28/h4-13,15-16H,3,14H2,1-2H3,(H,29,31,33)/b22-16-. The lowest BCUT2D eigenvalue weighted by Gasteiger charge is -2.28. The molecular formula is C27H23BrN2O4. The van der Waals surface area contributed by atoms with Crippen molar-refractivity contribution in [2.45, 2.75) is 19.8 Å². The Morgan fingerprint density at radius 1 is 0.941 bits per heavy atom. The van der Waals surface area contributed by atoms with E-state index in [9.17, 15) is 14.4 Å². The molecule has 1 heterocycles. The summed E-state index contributed by atoms with van der Waals surface area (Å²) in [5.74, 6) is -0.711. The number of nitrogens with zero attached hydrogens (tertiary/aromatic N) is 1. The van der Waals surface area contributed by atoms with Gasteiger partial charge in [0.25, 0.3) is 11.8 Å². The Morgan fingerprint density at radius 2 is 1.65 bits per heavy atom. The molecule has 3 aromatic rings. The number of rotatable bonds is 6. The molecule has 1 N–H and O–H groups in total. The second kappa shape index (κ2) is 10.1. The van der Waals surface area contributed by atoms with Gasteiger partial charge in [-0.25, -0.2) is 9.69 Å². The molecule has 34 heavy (non-hydrogen) atoms. The molecule has 7 heteroatoms. The highest BCUT2D eigenvalue weighted by atomic mass is 79.9. The third kappa shape index (κ3) is 4.65. The zero-order valence-corrected chi connectivity index (χ0v) is 20.4. The molecule has 0 spiro atoms. The van der Waals surface area contributed by atoms with Gasteiger partial charge in [-0.05, 0) is 65.4 Å². The molecule has 0 aliphatic carbocycles. The third-order valence-corrected chi connectivity index (χ3v) is 6.48. The smallest absolute Gasteiger partial charge is 0.335 e. The number of anilines is 1. The van der Waals surface area contributed by atoms with E-state index in [-0.39, 0.29) is 5.57 Å². The maximum Gasteiger partial charge on any atom is 0.335 e. The number of barbiturate groups is 1. The largest absolute Gasteiger partial charge is 0.497 e. The minimum Gasteiger partial charge on any atom is -0.497 e. The molecule has 0 unspecified atom stereocenters. The van der Waals surface area contributed by atoms with Crippen LogP contribution in [0, 0.1) is 0 Å². The van der Waals surface area contributed by atoms with E-state index < -0.39 is 17.8 Å². The predicted octanol–water partition coefficient (Wildman–Crippen LogP) is 5.28. The number of carbonyl (C=O) groups excluding carboxylic acids is 3. The van der Waals surface area contributed by atoms with Gasteiger partial charge in [-0.15, -0.1) is 0 Å². The number of amides is 4. The molecule has 4 amide bonds. The van der Waals surface area contributed by atoms with Gasteiger partial charge in [0.1, 0.15) is 11.3 Å². The molecule has 0 saturated carbocycles. The van der Waals surface area contributed by atoms with Crippen molar-refractivity contribution < 1.29 is 19.1 Å². The van der Waals surface area contributed by atoms with Crippen LogP contribution in [-0.4, -0.2) is 25.0 Å². The molecule has 0 aromatic heterocycles. The minimum absolute atomic E-state index is 0.107. The van der Waals surface area contributed by atoms with Crippen LogP contribution in [-0.2, 0) is 22.4 Å². The van der Waals surface area contributed by atoms with Gasteiger partial charge in [0.2, 0.25) is 0 Å². The van der Waals surface area contributed by atoms with Gasteiger partial charge in [0.05, 0.1) is 12.8 Å². The highest BCUT2D eigenvalue weighted by Gasteiger charge is 2.37. The van der Waals surface area contributed by atoms with Crippen LogP contribution in [0.25, 0.3) is 6.08 Å². The van der Waals surface area contributed by atoms with Gasteiger partial charge in [-0.2, -0.15) is 0 Å². The molecule has 1 aliphatic heterocycles. The number of hydrogen-bond acceptors (Lipinski definition) is 4. The average Bonchev–Trinajstić information content (AvgIpc) is 2.84. The average molecular weight is 519 g/mol. The van der Waals surface area contributed by atoms with E-state index in [1.807, 2.05) is 49.4 Å². The molecule has 1 saturated heterocycles. The maximum atomic E-state index is 13.4. The predicted molar refractivity (Wildman–Crippen MR) is 135 cm³/mol. The quantitative estimate of drug-likeness (QED) is 0.356. The summed E-state index contributed by atoms with van der Waals surface area (Å²) in [6, 6.07) is 19.7. The molecule has 0 atom stereocenters. The number of methoxy groups -OCH3 is 1. The second-order valence-electron chi connectivity index (χ2n) is 7.77. The number of urea groups is 1. The summed E-state index contributed by atoms with van der Waals surface area (Å²) in [6.45, 7) is 1.94. The molecule has 0 bridgehead atoms. The van der Waals surface area contributed by atoms with E-state index >= 15 is 0 Å². The Bertz CT molecular complexity index is 1320. The number of benzene rings is 3. The first-order valence-corrected chi connectivity index (χ1v) is 11.6. The number of halogens is 1. The van der Waals surface area contributed by atoms with Crippen LogP contribution >= 0.6 is 15.9 Å². The summed E-state index contributed by atoms with van der Waals surface area (Å²) < 4.78 is 6.35. The second-order valence-corrected chi connectivity index (χ2v) is 8.63. The van der Waals surface area contributed by atoms with Crippen molar-refractivity contribution in [3.8, 4) is 5.75 Å². The Labute approximate surface area is 206 Å². The van der Waals surface area contributed by atoms with Gasteiger partial charge in [-0.3, -0.25) is 14.9 Å². The van der Waals surface area contributed by atoms with Crippen molar-refractivity contribution in [2.75, 3.05) is 12.0 Å². The number of carbonyl (C=O) groups is 3. The summed E-state index contributed by atoms with van der Waals surface area (Å²) in [6.07, 6.45) is 2.72. The van der Waals surface area contributed by atoms with Gasteiger partial charge in [-0.1, -0.05) is 65.3 Å². The number of para-hydroxylation sites is 1. The van der Waals surface area contributed by atoms with Crippen LogP contribution in [0.2, 0.25) is 0 Å². The molecule has 4 rings (SSSR count). The van der Waals surface area contributed by atoms with Crippen molar-refractivity contribution >= 4 is 45.5 Å². The van der Waals surface area contributed by atoms with Gasteiger partial charge in [0.15, 0.2) is 0 Å². The Hall–Kier alpha value is -3.71. The fourth-order valence-corrected chi connectivity index (χ4v) is 4.33. The monoisotopic (exact) mass is 518 g/mol. The van der Waals surface area contributed by atoms with E-state index in [0.717, 1.165) is 26.1 Å². The lowest BCUT2D eigenvalue weighted by Crippen LogP contribution is -2.54. The normalized spacial score (nSPS) is 15.0. The van der Waals surface area contributed by atoms with Gasteiger partial charge < -0.3 is 4.74 Å². The first-order valence-electron chi connectivity index (χ1n) is 10.8. The zero-order valence-electron chi connectivity index (χ0n) is 18.8. The van der Waals surface area contributed by atoms with Crippen LogP contribution in [0.15, 0.2) is 76.8 Å². The van der Waals surface area contributed by atoms with Crippen molar-refractivity contribution in [1.82, 2.24) is 5.32 Å². The molecule has 1 aliphatic rings. The van der Waals surface area contributed by atoms with Crippen LogP contribution in [0.5, 0.6) is 5.75 Å². The minimum atomic E-state index is -0.753. The molecule has 6 nitrogen and oxygen atoms in total. The Morgan fingerprint density at radius 3 is 2.35 bits per heavy atom.